The summed E-state index contributed by atoms with van der Waals surface area (Å²) in [4.78, 5) is 7.89. The lowest BCUT2D eigenvalue weighted by atomic mass is 10.00. The molecule has 27 heavy (non-hydrogen) atoms. The van der Waals surface area contributed by atoms with Gasteiger partial charge < -0.3 is 15.4 Å². The maximum Gasteiger partial charge on any atom is 0.194 e. The van der Waals surface area contributed by atoms with E-state index in [-0.39, 0.29) is 0 Å². The van der Waals surface area contributed by atoms with Crippen LogP contribution in [0.15, 0.2) is 36.7 Å². The quantitative estimate of drug-likeness (QED) is 0.760. The monoisotopic (exact) mass is 361 g/mol. The Morgan fingerprint density at radius 2 is 1.85 bits per heavy atom. The molecule has 0 spiro atoms. The van der Waals surface area contributed by atoms with Crippen molar-refractivity contribution >= 4 is 11.5 Å². The van der Waals surface area contributed by atoms with Crippen LogP contribution in [-0.4, -0.2) is 40.2 Å². The molecule has 8 nitrogen and oxygen atoms in total. The van der Waals surface area contributed by atoms with Gasteiger partial charge in [-0.2, -0.15) is 15.5 Å². The number of hydrogen-bond acceptors (Lipinski definition) is 7. The van der Waals surface area contributed by atoms with Crippen LogP contribution in [0.2, 0.25) is 0 Å². The summed E-state index contributed by atoms with van der Waals surface area (Å²) in [6, 6.07) is 9.91. The average molecular weight is 361 g/mol. The van der Waals surface area contributed by atoms with E-state index in [1.54, 1.807) is 13.2 Å². The second kappa shape index (κ2) is 6.96. The Kier molecular flexibility index (Phi) is 4.34. The molecule has 8 heteroatoms. The molecule has 1 aliphatic heterocycles. The first-order valence-electron chi connectivity index (χ1n) is 8.71. The molecule has 136 valence electrons. The number of pyridine rings is 1. The minimum atomic E-state index is 0.293. The zero-order valence-corrected chi connectivity index (χ0v) is 15.0. The van der Waals surface area contributed by atoms with Gasteiger partial charge >= 0.3 is 0 Å². The summed E-state index contributed by atoms with van der Waals surface area (Å²) in [5.74, 6) is 1.33. The number of benzene rings is 1. The van der Waals surface area contributed by atoms with Gasteiger partial charge in [0.15, 0.2) is 5.82 Å². The van der Waals surface area contributed by atoms with E-state index in [2.05, 4.69) is 32.2 Å². The molecule has 1 saturated heterocycles. The number of aromatic nitrogens is 4. The van der Waals surface area contributed by atoms with Crippen LogP contribution in [0.3, 0.4) is 0 Å². The molecule has 0 radical (unpaired) electrons. The number of nitrogen functional groups attached to an aromatic ring is 1. The lowest BCUT2D eigenvalue weighted by molar-refractivity contribution is 0.415. The Morgan fingerprint density at radius 3 is 2.52 bits per heavy atom. The number of nitrogens with zero attached hydrogens (tertiary/aromatic N) is 6. The SMILES string of the molecule is COc1cc(-c2cc(N)nc(-n3nccn3)c2C#N)cc(N2CCCC2)c1. The first kappa shape index (κ1) is 16.8. The summed E-state index contributed by atoms with van der Waals surface area (Å²) >= 11 is 0. The van der Waals surface area contributed by atoms with Crippen molar-refractivity contribution in [3.8, 4) is 28.8 Å². The Labute approximate surface area is 156 Å². The van der Waals surface area contributed by atoms with Gasteiger partial charge in [-0.15, -0.1) is 4.80 Å². The molecule has 2 N–H and O–H groups in total. The molecule has 1 aliphatic rings. The van der Waals surface area contributed by atoms with Gasteiger partial charge in [-0.05, 0) is 36.6 Å². The van der Waals surface area contributed by atoms with Crippen molar-refractivity contribution in [1.29, 1.82) is 5.26 Å². The van der Waals surface area contributed by atoms with E-state index in [0.29, 0.717) is 22.8 Å². The van der Waals surface area contributed by atoms with E-state index >= 15 is 0 Å². The highest BCUT2D eigenvalue weighted by atomic mass is 16.5. The Balaban J connectivity index is 1.90. The number of hydrogen-bond donors (Lipinski definition) is 1. The third kappa shape index (κ3) is 3.15. The van der Waals surface area contributed by atoms with E-state index in [1.165, 1.54) is 30.0 Å². The molecule has 4 rings (SSSR count). The summed E-state index contributed by atoms with van der Waals surface area (Å²) in [6.07, 6.45) is 5.41. The fourth-order valence-corrected chi connectivity index (χ4v) is 3.37. The highest BCUT2D eigenvalue weighted by molar-refractivity contribution is 5.79. The first-order chi connectivity index (χ1) is 13.2. The molecule has 0 aliphatic carbocycles. The lowest BCUT2D eigenvalue weighted by Crippen LogP contribution is -2.17. The molecule has 3 aromatic rings. The van der Waals surface area contributed by atoms with Gasteiger partial charge in [0.1, 0.15) is 23.2 Å². The lowest BCUT2D eigenvalue weighted by Gasteiger charge is -2.20. The number of methoxy groups -OCH3 is 1. The minimum Gasteiger partial charge on any atom is -0.497 e. The van der Waals surface area contributed by atoms with E-state index in [9.17, 15) is 5.26 Å². The molecule has 0 atom stereocenters. The fraction of sp³-hybridized carbons (Fsp3) is 0.263. The molecule has 0 bridgehead atoms. The molecular formula is C19H19N7O. The van der Waals surface area contributed by atoms with Crippen molar-refractivity contribution in [2.75, 3.05) is 30.8 Å². The second-order valence-corrected chi connectivity index (χ2v) is 6.34. The summed E-state index contributed by atoms with van der Waals surface area (Å²) in [5.41, 5.74) is 8.98. The van der Waals surface area contributed by atoms with Gasteiger partial charge in [-0.3, -0.25) is 0 Å². The van der Waals surface area contributed by atoms with Crippen LogP contribution in [0.5, 0.6) is 5.75 Å². The number of anilines is 2. The third-order valence-electron chi connectivity index (χ3n) is 4.65. The van der Waals surface area contributed by atoms with Crippen LogP contribution in [0.4, 0.5) is 11.5 Å². The van der Waals surface area contributed by atoms with E-state index in [4.69, 9.17) is 10.5 Å². The number of rotatable bonds is 4. The summed E-state index contributed by atoms with van der Waals surface area (Å²) in [7, 11) is 1.64. The summed E-state index contributed by atoms with van der Waals surface area (Å²) in [6.45, 7) is 2.03. The average Bonchev–Trinajstić information content (AvgIpc) is 3.40. The first-order valence-corrected chi connectivity index (χ1v) is 8.71. The number of ether oxygens (including phenoxy) is 1. The van der Waals surface area contributed by atoms with E-state index in [1.807, 2.05) is 12.1 Å². The van der Waals surface area contributed by atoms with E-state index < -0.39 is 0 Å². The maximum absolute atomic E-state index is 9.82. The highest BCUT2D eigenvalue weighted by Crippen LogP contribution is 2.35. The topological polar surface area (TPSA) is 106 Å². The summed E-state index contributed by atoms with van der Waals surface area (Å²) in [5, 5.41) is 18.0. The van der Waals surface area contributed by atoms with E-state index in [0.717, 1.165) is 30.1 Å². The van der Waals surface area contributed by atoms with Crippen molar-refractivity contribution in [2.45, 2.75) is 12.8 Å². The predicted octanol–water partition coefficient (Wildman–Crippen LogP) is 2.39. The van der Waals surface area contributed by atoms with Gasteiger partial charge in [0.2, 0.25) is 0 Å². The fourth-order valence-electron chi connectivity index (χ4n) is 3.37. The number of nitriles is 1. The smallest absolute Gasteiger partial charge is 0.194 e. The Hall–Kier alpha value is -3.60. The Morgan fingerprint density at radius 1 is 1.11 bits per heavy atom. The zero-order valence-electron chi connectivity index (χ0n) is 15.0. The second-order valence-electron chi connectivity index (χ2n) is 6.34. The molecule has 2 aromatic heterocycles. The molecule has 3 heterocycles. The van der Waals surface area contributed by atoms with Gasteiger partial charge in [0.05, 0.1) is 19.5 Å². The predicted molar refractivity (Wildman–Crippen MR) is 102 cm³/mol. The van der Waals surface area contributed by atoms with Gasteiger partial charge in [0, 0.05) is 30.4 Å². The van der Waals surface area contributed by atoms with Crippen LogP contribution in [0, 0.1) is 11.3 Å². The van der Waals surface area contributed by atoms with Crippen LogP contribution in [-0.2, 0) is 0 Å². The molecular weight excluding hydrogens is 342 g/mol. The number of nitrogens with two attached hydrogens (primary N) is 1. The van der Waals surface area contributed by atoms with Crippen molar-refractivity contribution < 1.29 is 4.74 Å². The largest absolute Gasteiger partial charge is 0.497 e. The molecule has 0 saturated carbocycles. The molecule has 0 amide bonds. The minimum absolute atomic E-state index is 0.293. The normalized spacial score (nSPS) is 13.6. The van der Waals surface area contributed by atoms with Crippen LogP contribution in [0.25, 0.3) is 16.9 Å². The highest BCUT2D eigenvalue weighted by Gasteiger charge is 2.19. The zero-order chi connectivity index (χ0) is 18.8. The maximum atomic E-state index is 9.82. The van der Waals surface area contributed by atoms with Gasteiger partial charge in [0.25, 0.3) is 0 Å². The van der Waals surface area contributed by atoms with Crippen molar-refractivity contribution in [2.24, 2.45) is 0 Å². The van der Waals surface area contributed by atoms with Gasteiger partial charge in [-0.25, -0.2) is 4.98 Å². The van der Waals surface area contributed by atoms with Crippen LogP contribution < -0.4 is 15.4 Å². The van der Waals surface area contributed by atoms with Crippen molar-refractivity contribution in [3.05, 3.63) is 42.2 Å². The summed E-state index contributed by atoms with van der Waals surface area (Å²) < 4.78 is 5.50. The van der Waals surface area contributed by atoms with Crippen LogP contribution >= 0.6 is 0 Å². The van der Waals surface area contributed by atoms with Crippen LogP contribution in [0.1, 0.15) is 18.4 Å². The van der Waals surface area contributed by atoms with Gasteiger partial charge in [-0.1, -0.05) is 0 Å². The molecule has 1 fully saturated rings. The molecule has 0 unspecified atom stereocenters. The Bertz CT molecular complexity index is 1000. The third-order valence-corrected chi connectivity index (χ3v) is 4.65. The molecule has 1 aromatic carbocycles. The van der Waals surface area contributed by atoms with Crippen molar-refractivity contribution in [3.63, 3.8) is 0 Å². The van der Waals surface area contributed by atoms with Crippen molar-refractivity contribution in [1.82, 2.24) is 20.0 Å². The standard InChI is InChI=1S/C19H19N7O/c1-27-15-9-13(8-14(10-15)25-6-2-3-7-25)16-11-18(21)24-19(17(16)12-20)26-22-4-5-23-26/h4-5,8-11H,2-3,6-7H2,1H3,(H2,21,24).